The van der Waals surface area contributed by atoms with Gasteiger partial charge in [-0.05, 0) is 18.6 Å². The minimum Gasteiger partial charge on any atom is -0.492 e. The number of para-hydroxylation sites is 1. The molecule has 2 heteroatoms. The Morgan fingerprint density at radius 1 is 1.00 bits per heavy atom. The summed E-state index contributed by atoms with van der Waals surface area (Å²) in [5.74, 6) is 1.54. The lowest BCUT2D eigenvalue weighted by atomic mass is 10.1. The van der Waals surface area contributed by atoms with Crippen LogP contribution in [0.2, 0.25) is 0 Å². The van der Waals surface area contributed by atoms with E-state index in [1.807, 2.05) is 67.6 Å². The molecule has 0 aliphatic carbocycles. The number of hydrogen-bond acceptors (Lipinski definition) is 2. The summed E-state index contributed by atoms with van der Waals surface area (Å²) >= 11 is 0. The van der Waals surface area contributed by atoms with Gasteiger partial charge in [0.05, 0.1) is 7.11 Å². The van der Waals surface area contributed by atoms with Gasteiger partial charge in [0.25, 0.3) is 0 Å². The topological polar surface area (TPSA) is 18.5 Å². The maximum Gasteiger partial charge on any atom is 0.167 e. The maximum atomic E-state index is 5.84. The zero-order valence-corrected chi connectivity index (χ0v) is 11.3. The summed E-state index contributed by atoms with van der Waals surface area (Å²) in [4.78, 5) is 0. The fourth-order valence-corrected chi connectivity index (χ4v) is 1.91. The summed E-state index contributed by atoms with van der Waals surface area (Å²) in [6.07, 6.45) is 3.99. The molecule has 0 aromatic heterocycles. The molecule has 0 aliphatic heterocycles. The second-order valence-electron chi connectivity index (χ2n) is 4.15. The molecule has 2 nitrogen and oxygen atoms in total. The van der Waals surface area contributed by atoms with Gasteiger partial charge in [0, 0.05) is 5.56 Å². The minimum absolute atomic E-state index is 0.538. The Kier molecular flexibility index (Phi) is 4.62. The van der Waals surface area contributed by atoms with E-state index in [0.717, 1.165) is 22.6 Å². The molecule has 2 rings (SSSR count). The molecular formula is C17H18O2. The molecule has 0 heterocycles. The molecule has 0 radical (unpaired) electrons. The number of allylic oxidation sites excluding steroid dienone is 1. The predicted octanol–water partition coefficient (Wildman–Crippen LogP) is 4.31. The molecule has 0 spiro atoms. The molecule has 0 unspecified atom stereocenters. The van der Waals surface area contributed by atoms with Crippen molar-refractivity contribution in [2.75, 3.05) is 7.11 Å². The highest BCUT2D eigenvalue weighted by atomic mass is 16.5. The molecule has 0 aliphatic rings. The van der Waals surface area contributed by atoms with Crippen LogP contribution in [-0.4, -0.2) is 7.11 Å². The third kappa shape index (κ3) is 3.38. The van der Waals surface area contributed by atoms with Crippen LogP contribution < -0.4 is 9.47 Å². The molecule has 0 bridgehead atoms. The Morgan fingerprint density at radius 3 is 2.47 bits per heavy atom. The van der Waals surface area contributed by atoms with Crippen LogP contribution in [0.25, 0.3) is 6.08 Å². The van der Waals surface area contributed by atoms with Crippen LogP contribution in [-0.2, 0) is 6.61 Å². The Morgan fingerprint density at radius 2 is 1.79 bits per heavy atom. The molecule has 0 N–H and O–H groups in total. The largest absolute Gasteiger partial charge is 0.492 e. The first kappa shape index (κ1) is 13.2. The second-order valence-corrected chi connectivity index (χ2v) is 4.15. The number of benzene rings is 2. The molecule has 0 amide bonds. The lowest BCUT2D eigenvalue weighted by Crippen LogP contribution is -1.98. The molecule has 0 saturated carbocycles. The fourth-order valence-electron chi connectivity index (χ4n) is 1.91. The Balaban J connectivity index is 2.18. The van der Waals surface area contributed by atoms with E-state index in [1.165, 1.54) is 0 Å². The van der Waals surface area contributed by atoms with Gasteiger partial charge in [-0.2, -0.15) is 0 Å². The third-order valence-corrected chi connectivity index (χ3v) is 2.80. The molecule has 0 saturated heterocycles. The van der Waals surface area contributed by atoms with Gasteiger partial charge in [-0.1, -0.05) is 54.6 Å². The smallest absolute Gasteiger partial charge is 0.167 e. The predicted molar refractivity (Wildman–Crippen MR) is 78.5 cm³/mol. The lowest BCUT2D eigenvalue weighted by Gasteiger charge is -2.12. The third-order valence-electron chi connectivity index (χ3n) is 2.80. The first-order chi connectivity index (χ1) is 9.35. The second kappa shape index (κ2) is 6.64. The number of methoxy groups -OCH3 is 1. The van der Waals surface area contributed by atoms with E-state index in [1.54, 1.807) is 7.11 Å². The van der Waals surface area contributed by atoms with Gasteiger partial charge < -0.3 is 9.47 Å². The van der Waals surface area contributed by atoms with E-state index < -0.39 is 0 Å². The van der Waals surface area contributed by atoms with Gasteiger partial charge in [-0.25, -0.2) is 0 Å². The molecule has 98 valence electrons. The van der Waals surface area contributed by atoms with Crippen LogP contribution in [0.5, 0.6) is 11.5 Å². The Hall–Kier alpha value is -2.22. The fraction of sp³-hybridized carbons (Fsp3) is 0.176. The van der Waals surface area contributed by atoms with Gasteiger partial charge in [0.15, 0.2) is 11.5 Å². The molecule has 2 aromatic rings. The summed E-state index contributed by atoms with van der Waals surface area (Å²) < 4.78 is 11.3. The van der Waals surface area contributed by atoms with Crippen LogP contribution in [0, 0.1) is 0 Å². The van der Waals surface area contributed by atoms with Crippen LogP contribution >= 0.6 is 0 Å². The first-order valence-electron chi connectivity index (χ1n) is 6.31. The van der Waals surface area contributed by atoms with Crippen molar-refractivity contribution in [1.82, 2.24) is 0 Å². The molecule has 19 heavy (non-hydrogen) atoms. The van der Waals surface area contributed by atoms with Crippen LogP contribution in [0.15, 0.2) is 54.6 Å². The zero-order valence-electron chi connectivity index (χ0n) is 11.3. The van der Waals surface area contributed by atoms with E-state index in [0.29, 0.717) is 6.61 Å². The Labute approximate surface area is 114 Å². The summed E-state index contributed by atoms with van der Waals surface area (Å²) in [6.45, 7) is 2.52. The average Bonchev–Trinajstić information content (AvgIpc) is 2.46. The van der Waals surface area contributed by atoms with Gasteiger partial charge in [0.1, 0.15) is 6.61 Å². The van der Waals surface area contributed by atoms with E-state index in [2.05, 4.69) is 0 Å². The normalized spacial score (nSPS) is 10.6. The van der Waals surface area contributed by atoms with Gasteiger partial charge in [-0.15, -0.1) is 0 Å². The highest BCUT2D eigenvalue weighted by molar-refractivity contribution is 5.62. The van der Waals surface area contributed by atoms with E-state index in [-0.39, 0.29) is 0 Å². The van der Waals surface area contributed by atoms with Crippen molar-refractivity contribution in [2.24, 2.45) is 0 Å². The van der Waals surface area contributed by atoms with Crippen molar-refractivity contribution in [3.63, 3.8) is 0 Å². The van der Waals surface area contributed by atoms with E-state index >= 15 is 0 Å². The SMILES string of the molecule is C/C=C/c1cccc(OCc2ccccc2)c1OC. The highest BCUT2D eigenvalue weighted by Crippen LogP contribution is 2.32. The van der Waals surface area contributed by atoms with Crippen molar-refractivity contribution in [2.45, 2.75) is 13.5 Å². The van der Waals surface area contributed by atoms with Crippen molar-refractivity contribution in [3.05, 3.63) is 65.7 Å². The van der Waals surface area contributed by atoms with E-state index in [9.17, 15) is 0 Å². The summed E-state index contributed by atoms with van der Waals surface area (Å²) in [6, 6.07) is 16.0. The van der Waals surface area contributed by atoms with Crippen LogP contribution in [0.3, 0.4) is 0 Å². The van der Waals surface area contributed by atoms with Crippen molar-refractivity contribution in [1.29, 1.82) is 0 Å². The van der Waals surface area contributed by atoms with Crippen molar-refractivity contribution >= 4 is 6.08 Å². The average molecular weight is 254 g/mol. The van der Waals surface area contributed by atoms with E-state index in [4.69, 9.17) is 9.47 Å². The standard InChI is InChI=1S/C17H18O2/c1-3-8-15-11-7-12-16(17(15)18-2)19-13-14-9-5-4-6-10-14/h3-12H,13H2,1-2H3/b8-3+. The lowest BCUT2D eigenvalue weighted by molar-refractivity contribution is 0.284. The van der Waals surface area contributed by atoms with Crippen molar-refractivity contribution in [3.8, 4) is 11.5 Å². The number of rotatable bonds is 5. The highest BCUT2D eigenvalue weighted by Gasteiger charge is 2.08. The summed E-state index contributed by atoms with van der Waals surface area (Å²) in [7, 11) is 1.66. The minimum atomic E-state index is 0.538. The number of hydrogen-bond donors (Lipinski definition) is 0. The Bertz CT molecular complexity index is 544. The monoisotopic (exact) mass is 254 g/mol. The van der Waals surface area contributed by atoms with Crippen molar-refractivity contribution < 1.29 is 9.47 Å². The summed E-state index contributed by atoms with van der Waals surface area (Å²) in [5, 5.41) is 0. The molecule has 0 fully saturated rings. The van der Waals surface area contributed by atoms with Crippen LogP contribution in [0.1, 0.15) is 18.1 Å². The number of ether oxygens (including phenoxy) is 2. The molecular weight excluding hydrogens is 236 g/mol. The quantitative estimate of drug-likeness (QED) is 0.791. The van der Waals surface area contributed by atoms with Crippen LogP contribution in [0.4, 0.5) is 0 Å². The first-order valence-corrected chi connectivity index (χ1v) is 6.31. The zero-order chi connectivity index (χ0) is 13.5. The molecule has 2 aromatic carbocycles. The van der Waals surface area contributed by atoms with Gasteiger partial charge >= 0.3 is 0 Å². The van der Waals surface area contributed by atoms with Gasteiger partial charge in [-0.3, -0.25) is 0 Å². The van der Waals surface area contributed by atoms with Gasteiger partial charge in [0.2, 0.25) is 0 Å². The molecule has 0 atom stereocenters. The summed E-state index contributed by atoms with van der Waals surface area (Å²) in [5.41, 5.74) is 2.16. The maximum absolute atomic E-state index is 5.84.